The smallest absolute Gasteiger partial charge is 0.332 e. The van der Waals surface area contributed by atoms with Crippen LogP contribution in [0.1, 0.15) is 25.2 Å². The molecule has 10 nitrogen and oxygen atoms in total. The van der Waals surface area contributed by atoms with Gasteiger partial charge >= 0.3 is 5.69 Å². The number of imidazole rings is 1. The van der Waals surface area contributed by atoms with Crippen molar-refractivity contribution < 1.29 is 4.79 Å². The van der Waals surface area contributed by atoms with Gasteiger partial charge in [0.15, 0.2) is 11.2 Å². The highest BCUT2D eigenvalue weighted by atomic mass is 16.2. The van der Waals surface area contributed by atoms with Crippen LogP contribution in [0, 0.1) is 0 Å². The number of hydrogen-bond donors (Lipinski definition) is 1. The highest BCUT2D eigenvalue weighted by Crippen LogP contribution is 2.18. The minimum absolute atomic E-state index is 0.189. The highest BCUT2D eigenvalue weighted by Gasteiger charge is 2.23. The molecule has 0 aromatic carbocycles. The molecule has 3 heterocycles. The molecule has 3 aromatic heterocycles. The van der Waals surface area contributed by atoms with Crippen molar-refractivity contribution in [3.05, 3.63) is 50.9 Å². The van der Waals surface area contributed by atoms with Crippen molar-refractivity contribution in [3.8, 4) is 5.95 Å². The van der Waals surface area contributed by atoms with E-state index in [1.807, 2.05) is 19.9 Å². The molecule has 148 valence electrons. The maximum absolute atomic E-state index is 13.0. The van der Waals surface area contributed by atoms with Gasteiger partial charge in [-0.1, -0.05) is 19.9 Å². The minimum Gasteiger partial charge on any atom is -0.368 e. The maximum Gasteiger partial charge on any atom is 0.332 e. The number of carbonyl (C=O) groups excluding carboxylic acids is 1. The number of fused-ring (bicyclic) bond motifs is 1. The predicted octanol–water partition coefficient (Wildman–Crippen LogP) is -0.121. The van der Waals surface area contributed by atoms with Crippen LogP contribution >= 0.6 is 0 Å². The van der Waals surface area contributed by atoms with Crippen molar-refractivity contribution in [2.24, 2.45) is 12.8 Å². The van der Waals surface area contributed by atoms with Gasteiger partial charge < -0.3 is 5.73 Å². The van der Waals surface area contributed by atoms with Gasteiger partial charge in [0.2, 0.25) is 11.9 Å². The molecule has 28 heavy (non-hydrogen) atoms. The third kappa shape index (κ3) is 2.96. The highest BCUT2D eigenvalue weighted by molar-refractivity contribution is 5.75. The van der Waals surface area contributed by atoms with Crippen molar-refractivity contribution >= 4 is 17.1 Å². The monoisotopic (exact) mass is 385 g/mol. The molecule has 0 aliphatic carbocycles. The lowest BCUT2D eigenvalue weighted by Gasteiger charge is -2.09. The number of aryl methyl sites for hydroxylation is 3. The van der Waals surface area contributed by atoms with Gasteiger partial charge in [0.05, 0.1) is 5.69 Å². The Morgan fingerprint density at radius 1 is 1.25 bits per heavy atom. The Bertz CT molecular complexity index is 1190. The molecule has 0 radical (unpaired) electrons. The van der Waals surface area contributed by atoms with E-state index in [1.165, 1.54) is 11.6 Å². The average Bonchev–Trinajstić information content (AvgIpc) is 3.25. The zero-order valence-electron chi connectivity index (χ0n) is 16.2. The Kier molecular flexibility index (Phi) is 5.04. The summed E-state index contributed by atoms with van der Waals surface area (Å²) in [5, 5.41) is 4.59. The summed E-state index contributed by atoms with van der Waals surface area (Å²) in [6.07, 6.45) is 3.10. The summed E-state index contributed by atoms with van der Waals surface area (Å²) in [4.78, 5) is 41.5. The molecule has 0 saturated carbocycles. The number of primary amides is 1. The Labute approximate surface area is 160 Å². The maximum atomic E-state index is 13.0. The van der Waals surface area contributed by atoms with Gasteiger partial charge in [-0.15, -0.1) is 6.58 Å². The number of hydrogen-bond acceptors (Lipinski definition) is 5. The fourth-order valence-corrected chi connectivity index (χ4v) is 3.19. The van der Waals surface area contributed by atoms with E-state index < -0.39 is 23.7 Å². The van der Waals surface area contributed by atoms with Crippen LogP contribution in [0.2, 0.25) is 0 Å². The molecule has 2 N–H and O–H groups in total. The fraction of sp³-hybridized carbons (Fsp3) is 0.389. The van der Waals surface area contributed by atoms with E-state index in [1.54, 1.807) is 15.3 Å². The second-order valence-electron chi connectivity index (χ2n) is 6.43. The van der Waals surface area contributed by atoms with E-state index in [2.05, 4.69) is 16.7 Å². The second-order valence-corrected chi connectivity index (χ2v) is 6.43. The van der Waals surface area contributed by atoms with Crippen molar-refractivity contribution in [3.63, 3.8) is 0 Å². The topological polar surface area (TPSA) is 123 Å². The van der Waals surface area contributed by atoms with Crippen molar-refractivity contribution in [2.75, 3.05) is 0 Å². The molecule has 10 heteroatoms. The zero-order valence-corrected chi connectivity index (χ0v) is 16.2. The summed E-state index contributed by atoms with van der Waals surface area (Å²) in [6.45, 7) is 7.54. The SMILES string of the molecule is C=CCn1c(-n2nc(CC)cc2CC)nc2c1c(=O)n(CC(N)=O)c(=O)n2C. The molecule has 1 amide bonds. The van der Waals surface area contributed by atoms with Crippen molar-refractivity contribution in [1.29, 1.82) is 0 Å². The number of nitrogens with two attached hydrogens (primary N) is 1. The quantitative estimate of drug-likeness (QED) is 0.568. The summed E-state index contributed by atoms with van der Waals surface area (Å²) in [5.74, 6) is -0.364. The van der Waals surface area contributed by atoms with Gasteiger partial charge in [-0.2, -0.15) is 10.1 Å². The summed E-state index contributed by atoms with van der Waals surface area (Å²) < 4.78 is 5.38. The molecule has 0 atom stereocenters. The molecule has 0 aliphatic heterocycles. The lowest BCUT2D eigenvalue weighted by Crippen LogP contribution is -2.42. The first-order valence-electron chi connectivity index (χ1n) is 9.01. The molecule has 0 bridgehead atoms. The van der Waals surface area contributed by atoms with E-state index in [4.69, 9.17) is 5.73 Å². The van der Waals surface area contributed by atoms with E-state index in [-0.39, 0.29) is 17.7 Å². The number of nitrogens with zero attached hydrogens (tertiary/aromatic N) is 6. The van der Waals surface area contributed by atoms with Crippen molar-refractivity contribution in [2.45, 2.75) is 39.8 Å². The first-order valence-corrected chi connectivity index (χ1v) is 9.01. The van der Waals surface area contributed by atoms with Crippen LogP contribution in [0.5, 0.6) is 0 Å². The largest absolute Gasteiger partial charge is 0.368 e. The molecule has 0 unspecified atom stereocenters. The number of amides is 1. The molecule has 0 aliphatic rings. The standard InChI is InChI=1S/C18H23N7O3/c1-5-8-23-14-15(22(4)18(28)24(16(14)27)10-13(19)26)20-17(23)25-12(7-3)9-11(6-2)21-25/h5,9H,1,6-8,10H2,2-4H3,(H2,19,26). The van der Waals surface area contributed by atoms with Crippen LogP contribution in [0.3, 0.4) is 0 Å². The van der Waals surface area contributed by atoms with Crippen LogP contribution in [0.15, 0.2) is 28.3 Å². The normalized spacial score (nSPS) is 11.2. The number of carbonyl (C=O) groups is 1. The van der Waals surface area contributed by atoms with E-state index in [9.17, 15) is 14.4 Å². The van der Waals surface area contributed by atoms with Crippen LogP contribution in [0.4, 0.5) is 0 Å². The minimum atomic E-state index is -0.776. The van der Waals surface area contributed by atoms with Gasteiger partial charge in [0.1, 0.15) is 6.54 Å². The lowest BCUT2D eigenvalue weighted by molar-refractivity contribution is -0.118. The zero-order chi connectivity index (χ0) is 20.6. The number of rotatable bonds is 7. The van der Waals surface area contributed by atoms with E-state index in [0.29, 0.717) is 5.95 Å². The van der Waals surface area contributed by atoms with Crippen LogP contribution < -0.4 is 17.0 Å². The summed E-state index contributed by atoms with van der Waals surface area (Å²) in [7, 11) is 1.50. The second kappa shape index (κ2) is 7.29. The molecule has 0 saturated heterocycles. The fourth-order valence-electron chi connectivity index (χ4n) is 3.19. The molecule has 3 rings (SSSR count). The Balaban J connectivity index is 2.44. The van der Waals surface area contributed by atoms with E-state index in [0.717, 1.165) is 28.8 Å². The first-order chi connectivity index (χ1) is 13.3. The van der Waals surface area contributed by atoms with Crippen LogP contribution in [0.25, 0.3) is 17.1 Å². The lowest BCUT2D eigenvalue weighted by atomic mass is 10.3. The van der Waals surface area contributed by atoms with Gasteiger partial charge in [0.25, 0.3) is 5.56 Å². The van der Waals surface area contributed by atoms with Crippen molar-refractivity contribution in [1.82, 2.24) is 28.5 Å². The third-order valence-electron chi connectivity index (χ3n) is 4.59. The third-order valence-corrected chi connectivity index (χ3v) is 4.59. The van der Waals surface area contributed by atoms with Gasteiger partial charge in [-0.05, 0) is 18.9 Å². The van der Waals surface area contributed by atoms with Crippen LogP contribution in [-0.2, 0) is 37.8 Å². The first kappa shape index (κ1) is 19.3. The summed E-state index contributed by atoms with van der Waals surface area (Å²) in [6, 6.07) is 1.99. The van der Waals surface area contributed by atoms with E-state index >= 15 is 0 Å². The molecular formula is C18H23N7O3. The molecule has 0 spiro atoms. The number of allylic oxidation sites excluding steroid dienone is 1. The van der Waals surface area contributed by atoms with Crippen LogP contribution in [-0.4, -0.2) is 34.4 Å². The average molecular weight is 385 g/mol. The van der Waals surface area contributed by atoms with Gasteiger partial charge in [-0.3, -0.25) is 18.7 Å². The summed E-state index contributed by atoms with van der Waals surface area (Å²) >= 11 is 0. The Hall–Kier alpha value is -3.43. The summed E-state index contributed by atoms with van der Waals surface area (Å²) in [5.41, 5.74) is 6.15. The van der Waals surface area contributed by atoms with Gasteiger partial charge in [-0.25, -0.2) is 14.0 Å². The Morgan fingerprint density at radius 3 is 2.54 bits per heavy atom. The Morgan fingerprint density at radius 2 is 1.96 bits per heavy atom. The molecular weight excluding hydrogens is 362 g/mol. The molecule has 0 fully saturated rings. The molecule has 3 aromatic rings. The number of aromatic nitrogens is 6. The predicted molar refractivity (Wildman–Crippen MR) is 105 cm³/mol. The van der Waals surface area contributed by atoms with Gasteiger partial charge in [0, 0.05) is 19.3 Å².